The van der Waals surface area contributed by atoms with Gasteiger partial charge in [0.2, 0.25) is 0 Å². The molecule has 1 saturated heterocycles. The van der Waals surface area contributed by atoms with E-state index in [2.05, 4.69) is 26.6 Å². The number of alkyl carbamates (subject to hydrolysis) is 3. The summed E-state index contributed by atoms with van der Waals surface area (Å²) in [6.07, 6.45) is -19.3. The first-order valence-electron chi connectivity index (χ1n) is 23.1. The van der Waals surface area contributed by atoms with Crippen molar-refractivity contribution in [2.45, 2.75) is 132 Å². The third-order valence-corrected chi connectivity index (χ3v) is 12.0. The first-order chi connectivity index (χ1) is 35.1. The fourth-order valence-electron chi connectivity index (χ4n) is 8.42. The van der Waals surface area contributed by atoms with E-state index in [1.807, 2.05) is 0 Å². The smallest absolute Gasteiger partial charge is 0.471 e. The van der Waals surface area contributed by atoms with Gasteiger partial charge in [0.15, 0.2) is 6.29 Å². The van der Waals surface area contributed by atoms with E-state index in [4.69, 9.17) is 28.4 Å². The van der Waals surface area contributed by atoms with Crippen LogP contribution in [0, 0.1) is 26.1 Å². The summed E-state index contributed by atoms with van der Waals surface area (Å²) >= 11 is 0. The second-order valence-electron chi connectivity index (χ2n) is 18.9. The van der Waals surface area contributed by atoms with Crippen molar-refractivity contribution >= 4 is 41.5 Å². The maximum atomic E-state index is 13.8. The zero-order chi connectivity index (χ0) is 55.6. The summed E-state index contributed by atoms with van der Waals surface area (Å²) in [6, 6.07) is 4.31. The molecule has 2 unspecified atom stereocenters. The molecule has 3 aliphatic rings. The summed E-state index contributed by atoms with van der Waals surface area (Å²) in [7, 11) is 1.41. The van der Waals surface area contributed by atoms with Crippen LogP contribution in [-0.2, 0) is 51.2 Å². The third kappa shape index (κ3) is 16.5. The van der Waals surface area contributed by atoms with Crippen LogP contribution in [0.4, 0.5) is 38.9 Å². The van der Waals surface area contributed by atoms with E-state index in [1.54, 1.807) is 26.1 Å². The van der Waals surface area contributed by atoms with Crippen molar-refractivity contribution in [3.63, 3.8) is 0 Å². The number of nitro benzene ring substituents is 2. The van der Waals surface area contributed by atoms with Gasteiger partial charge < -0.3 is 80.7 Å². The summed E-state index contributed by atoms with van der Waals surface area (Å²) in [5, 5.41) is 82.8. The van der Waals surface area contributed by atoms with Crippen molar-refractivity contribution in [1.29, 1.82) is 0 Å². The van der Waals surface area contributed by atoms with Gasteiger partial charge >= 0.3 is 30.4 Å². The standard InChI is InChI=1S/C45H59F3N8O19/c1-43(2,3)75-40(62)51-18-30(57)37(60)52-29-16-28(54-42(64)71-20-23-8-12-25(13-9-23)56(68)69)31(32(58)35(29)74-38-33(59)36(49-5)44(4,65)21-72-38)34-27(15-14-26(73-34)17-50-39(61)45(46,47)48)53-41(63)70-19-22-6-10-24(11-7-22)55(66)67/h6-14,27-36,38,49,57-59,65H,15-21H2,1-5H3,(H,50,61)(H,51,62)(H,52,60)(H,53,63)(H,54,64)/t27-,28+,29-,30+,31?,32+,33-,34?,35+,36-,38-,44+/m1/s1. The van der Waals surface area contributed by atoms with E-state index < -0.39 is 164 Å². The van der Waals surface area contributed by atoms with Gasteiger partial charge in [-0.1, -0.05) is 0 Å². The predicted octanol–water partition coefficient (Wildman–Crippen LogP) is 0.937. The van der Waals surface area contributed by atoms with E-state index in [1.165, 1.54) is 44.3 Å². The number of benzene rings is 2. The normalized spacial score (nSPS) is 27.2. The molecule has 2 aliphatic heterocycles. The first kappa shape index (κ1) is 58.9. The highest BCUT2D eigenvalue weighted by Gasteiger charge is 2.55. The number of aliphatic hydroxyl groups is 4. The minimum absolute atomic E-state index is 0.252. The first-order valence-corrected chi connectivity index (χ1v) is 23.1. The number of hydrogen-bond acceptors (Lipinski definition) is 20. The van der Waals surface area contributed by atoms with Crippen LogP contribution >= 0.6 is 0 Å². The molecule has 2 fully saturated rings. The Morgan fingerprint density at radius 1 is 0.827 bits per heavy atom. The highest BCUT2D eigenvalue weighted by molar-refractivity contribution is 5.82. The molecule has 75 heavy (non-hydrogen) atoms. The molecular weight excluding hydrogens is 1010 g/mol. The monoisotopic (exact) mass is 1070 g/mol. The van der Waals surface area contributed by atoms with Crippen molar-refractivity contribution < 1.29 is 95.8 Å². The maximum Gasteiger partial charge on any atom is 0.471 e. The van der Waals surface area contributed by atoms with Gasteiger partial charge in [0, 0.05) is 36.2 Å². The highest BCUT2D eigenvalue weighted by Crippen LogP contribution is 2.38. The molecule has 30 heteroatoms. The number of amides is 5. The number of nitrogens with one attached hydrogen (secondary N) is 6. The van der Waals surface area contributed by atoms with Crippen LogP contribution in [0.3, 0.4) is 0 Å². The second-order valence-corrected chi connectivity index (χ2v) is 18.9. The van der Waals surface area contributed by atoms with Gasteiger partial charge in [-0.3, -0.25) is 29.8 Å². The summed E-state index contributed by atoms with van der Waals surface area (Å²) in [6.45, 7) is 3.03. The summed E-state index contributed by atoms with van der Waals surface area (Å²) in [5.74, 6) is -5.50. The lowest BCUT2D eigenvalue weighted by molar-refractivity contribution is -0.385. The molecular formula is C45H59F3N8O19. The molecule has 0 spiro atoms. The van der Waals surface area contributed by atoms with E-state index in [-0.39, 0.29) is 29.1 Å². The Morgan fingerprint density at radius 2 is 1.37 bits per heavy atom. The average molecular weight is 1070 g/mol. The zero-order valence-corrected chi connectivity index (χ0v) is 40.9. The number of rotatable bonds is 18. The molecule has 2 aromatic rings. The average Bonchev–Trinajstić information content (AvgIpc) is 3.32. The van der Waals surface area contributed by atoms with Crippen molar-refractivity contribution in [2.24, 2.45) is 5.92 Å². The number of hydrogen-bond donors (Lipinski definition) is 10. The predicted molar refractivity (Wildman–Crippen MR) is 247 cm³/mol. The van der Waals surface area contributed by atoms with Crippen molar-refractivity contribution in [3.05, 3.63) is 91.7 Å². The quantitative estimate of drug-likeness (QED) is 0.0564. The fraction of sp³-hybridized carbons (Fsp3) is 0.578. The Bertz CT molecular complexity index is 2390. The molecule has 27 nitrogen and oxygen atoms in total. The number of alkyl halides is 3. The number of likely N-dealkylation sites (N-methyl/N-ethyl adjacent to an activating group) is 1. The Balaban J connectivity index is 1.54. The van der Waals surface area contributed by atoms with Gasteiger partial charge in [-0.15, -0.1) is 0 Å². The number of nitrogens with zero attached hydrogens (tertiary/aromatic N) is 2. The number of carbonyl (C=O) groups is 5. The molecule has 10 N–H and O–H groups in total. The van der Waals surface area contributed by atoms with Gasteiger partial charge in [0.1, 0.15) is 54.6 Å². The van der Waals surface area contributed by atoms with Gasteiger partial charge in [0.05, 0.1) is 53.8 Å². The minimum atomic E-state index is -5.33. The summed E-state index contributed by atoms with van der Waals surface area (Å²) < 4.78 is 74.1. The van der Waals surface area contributed by atoms with Crippen LogP contribution in [0.25, 0.3) is 0 Å². The van der Waals surface area contributed by atoms with Gasteiger partial charge in [0.25, 0.3) is 17.3 Å². The summed E-state index contributed by atoms with van der Waals surface area (Å²) in [5.41, 5.74) is -2.60. The number of nitro groups is 2. The Labute approximate surface area is 425 Å². The molecule has 1 aliphatic carbocycles. The second kappa shape index (κ2) is 25.0. The van der Waals surface area contributed by atoms with Crippen LogP contribution in [0.15, 0.2) is 60.4 Å². The lowest BCUT2D eigenvalue weighted by Gasteiger charge is -2.51. The van der Waals surface area contributed by atoms with E-state index in [9.17, 15) is 77.8 Å². The van der Waals surface area contributed by atoms with Crippen molar-refractivity contribution in [3.8, 4) is 0 Å². The van der Waals surface area contributed by atoms with Crippen LogP contribution in [0.2, 0.25) is 0 Å². The number of non-ortho nitro benzene ring substituents is 2. The number of aliphatic hydroxyl groups excluding tert-OH is 3. The Morgan fingerprint density at radius 3 is 1.88 bits per heavy atom. The minimum Gasteiger partial charge on any atom is -0.491 e. The maximum absolute atomic E-state index is 13.8. The summed E-state index contributed by atoms with van der Waals surface area (Å²) in [4.78, 5) is 86.4. The van der Waals surface area contributed by atoms with Gasteiger partial charge in [-0.05, 0) is 89.1 Å². The topological polar surface area (TPSA) is 380 Å². The van der Waals surface area contributed by atoms with Gasteiger partial charge in [-0.25, -0.2) is 14.4 Å². The molecule has 1 saturated carbocycles. The molecule has 0 bridgehead atoms. The Hall–Kier alpha value is -6.96. The largest absolute Gasteiger partial charge is 0.491 e. The zero-order valence-electron chi connectivity index (χ0n) is 40.9. The van der Waals surface area contributed by atoms with Crippen molar-refractivity contribution in [2.75, 3.05) is 26.7 Å². The van der Waals surface area contributed by atoms with Crippen LogP contribution < -0.4 is 31.9 Å². The highest BCUT2D eigenvalue weighted by atomic mass is 19.4. The molecule has 5 rings (SSSR count). The van der Waals surface area contributed by atoms with Gasteiger partial charge in [-0.2, -0.15) is 13.2 Å². The molecule has 12 atom stereocenters. The lowest BCUT2D eigenvalue weighted by atomic mass is 9.72. The number of carbonyl (C=O) groups excluding carboxylic acids is 5. The lowest BCUT2D eigenvalue weighted by Crippen LogP contribution is -2.70. The van der Waals surface area contributed by atoms with E-state index in [0.29, 0.717) is 5.56 Å². The van der Waals surface area contributed by atoms with Crippen LogP contribution in [-0.4, -0.2) is 165 Å². The molecule has 2 aromatic carbocycles. The molecule has 414 valence electrons. The number of halogens is 3. The number of ether oxygens (including phenoxy) is 6. The molecule has 2 heterocycles. The fourth-order valence-corrected chi connectivity index (χ4v) is 8.42. The van der Waals surface area contributed by atoms with E-state index in [0.717, 1.165) is 24.3 Å². The van der Waals surface area contributed by atoms with Crippen LogP contribution in [0.5, 0.6) is 0 Å². The SMILES string of the molecule is CN[C@@H]1[C@@H](O)[C@@H](O[C@H]2[C@H](NC(=O)[C@@H](O)CNC(=O)OC(C)(C)C)C[C@H](NC(=O)OCc3ccc([N+](=O)[O-])cc3)C(C3OC(CNC(=O)C(F)(F)F)=CC[C@H]3NC(=O)OCc3ccc([N+](=O)[O-])cc3)[C@@H]2O)OC[C@]1(C)O. The molecule has 0 aromatic heterocycles. The Kier molecular flexibility index (Phi) is 19.7. The third-order valence-electron chi connectivity index (χ3n) is 12.0. The molecule has 5 amide bonds. The van der Waals surface area contributed by atoms with Crippen molar-refractivity contribution in [1.82, 2.24) is 31.9 Å². The van der Waals surface area contributed by atoms with E-state index >= 15 is 0 Å². The molecule has 0 radical (unpaired) electrons. The van der Waals surface area contributed by atoms with Crippen LogP contribution in [0.1, 0.15) is 51.7 Å².